The highest BCUT2D eigenvalue weighted by Gasteiger charge is 2.26. The van der Waals surface area contributed by atoms with Crippen molar-refractivity contribution in [2.24, 2.45) is 4.99 Å². The van der Waals surface area contributed by atoms with E-state index in [9.17, 15) is 14.7 Å². The number of phenolic OH excluding ortho intramolecular Hbond substituents is 1. The number of phenols is 1. The number of hydrogen-bond donors (Lipinski definition) is 4. The quantitative estimate of drug-likeness (QED) is 0.294. The standard InChI is InChI=1S/C20H20FN3O2S/c1-5-15-17(13-7-6-12(25)8-14(13)21)18(16-10(2)9-27-11(16)3)19(23-15)20(22-4)24-26/h5-9,23,25-26H,1H2,2-4H3,(H,22,24). The molecule has 0 atom stereocenters. The molecule has 0 radical (unpaired) electrons. The van der Waals surface area contributed by atoms with Crippen LogP contribution in [0.5, 0.6) is 5.75 Å². The van der Waals surface area contributed by atoms with Gasteiger partial charge in [0, 0.05) is 45.9 Å². The first-order valence-corrected chi connectivity index (χ1v) is 9.10. The van der Waals surface area contributed by atoms with Crippen molar-refractivity contribution in [2.75, 3.05) is 7.05 Å². The third kappa shape index (κ3) is 3.15. The number of hydroxylamine groups is 1. The van der Waals surface area contributed by atoms with Gasteiger partial charge < -0.3 is 10.1 Å². The van der Waals surface area contributed by atoms with Gasteiger partial charge in [0.25, 0.3) is 0 Å². The van der Waals surface area contributed by atoms with E-state index in [4.69, 9.17) is 0 Å². The van der Waals surface area contributed by atoms with Crippen molar-refractivity contribution in [3.63, 3.8) is 0 Å². The second kappa shape index (κ2) is 7.38. The fraction of sp³-hybridized carbons (Fsp3) is 0.150. The van der Waals surface area contributed by atoms with Crippen molar-refractivity contribution in [2.45, 2.75) is 13.8 Å². The molecule has 0 amide bonds. The number of thiophene rings is 1. The number of aryl methyl sites for hydroxylation is 2. The average molecular weight is 385 g/mol. The molecule has 0 saturated heterocycles. The topological polar surface area (TPSA) is 80.6 Å². The highest BCUT2D eigenvalue weighted by atomic mass is 32.1. The van der Waals surface area contributed by atoms with Crippen molar-refractivity contribution < 1.29 is 14.7 Å². The fourth-order valence-electron chi connectivity index (χ4n) is 3.25. The van der Waals surface area contributed by atoms with Gasteiger partial charge in [-0.2, -0.15) is 0 Å². The number of rotatable bonds is 4. The highest BCUT2D eigenvalue weighted by molar-refractivity contribution is 7.10. The predicted octanol–water partition coefficient (Wildman–Crippen LogP) is 4.87. The van der Waals surface area contributed by atoms with Crippen LogP contribution in [0, 0.1) is 19.7 Å². The second-order valence-corrected chi connectivity index (χ2v) is 7.15. The number of H-pyrrole nitrogens is 1. The number of aromatic amines is 1. The lowest BCUT2D eigenvalue weighted by molar-refractivity contribution is 0.234. The SMILES string of the molecule is C=Cc1[nH]c(C(=NC)NO)c(-c2c(C)csc2C)c1-c1ccc(O)cc1F. The lowest BCUT2D eigenvalue weighted by Crippen LogP contribution is -2.21. The normalized spacial score (nSPS) is 11.7. The van der Waals surface area contributed by atoms with Crippen LogP contribution in [0.3, 0.4) is 0 Å². The van der Waals surface area contributed by atoms with E-state index in [0.717, 1.165) is 22.1 Å². The van der Waals surface area contributed by atoms with Gasteiger partial charge in [0.2, 0.25) is 0 Å². The summed E-state index contributed by atoms with van der Waals surface area (Å²) in [5, 5.41) is 21.2. The van der Waals surface area contributed by atoms with E-state index < -0.39 is 5.82 Å². The van der Waals surface area contributed by atoms with Crippen molar-refractivity contribution in [3.8, 4) is 28.0 Å². The number of aromatic hydroxyl groups is 1. The summed E-state index contributed by atoms with van der Waals surface area (Å²) in [5.41, 5.74) is 6.82. The van der Waals surface area contributed by atoms with Crippen LogP contribution in [0.1, 0.15) is 21.8 Å². The largest absolute Gasteiger partial charge is 0.508 e. The summed E-state index contributed by atoms with van der Waals surface area (Å²) < 4.78 is 14.7. The van der Waals surface area contributed by atoms with E-state index in [1.807, 2.05) is 19.2 Å². The van der Waals surface area contributed by atoms with E-state index in [2.05, 4.69) is 22.0 Å². The molecule has 7 heteroatoms. The third-order valence-electron chi connectivity index (χ3n) is 4.43. The van der Waals surface area contributed by atoms with E-state index in [1.54, 1.807) is 24.5 Å². The number of nitrogens with zero attached hydrogens (tertiary/aromatic N) is 1. The van der Waals surface area contributed by atoms with Gasteiger partial charge in [-0.05, 0) is 43.0 Å². The number of halogens is 1. The molecule has 0 aliphatic carbocycles. The van der Waals surface area contributed by atoms with Gasteiger partial charge in [0.05, 0.1) is 5.69 Å². The first-order chi connectivity index (χ1) is 12.9. The van der Waals surface area contributed by atoms with Crippen LogP contribution in [-0.4, -0.2) is 28.2 Å². The number of benzene rings is 1. The number of amidine groups is 1. The Morgan fingerprint density at radius 1 is 1.30 bits per heavy atom. The number of nitrogens with one attached hydrogen (secondary N) is 2. The molecular weight excluding hydrogens is 365 g/mol. The number of aliphatic imine (C=N–C) groups is 1. The van der Waals surface area contributed by atoms with Gasteiger partial charge in [-0.3, -0.25) is 15.7 Å². The summed E-state index contributed by atoms with van der Waals surface area (Å²) in [4.78, 5) is 8.33. The lowest BCUT2D eigenvalue weighted by Gasteiger charge is -2.12. The van der Waals surface area contributed by atoms with E-state index in [1.165, 1.54) is 12.1 Å². The van der Waals surface area contributed by atoms with Gasteiger partial charge >= 0.3 is 0 Å². The first-order valence-electron chi connectivity index (χ1n) is 8.22. The second-order valence-electron chi connectivity index (χ2n) is 6.07. The summed E-state index contributed by atoms with van der Waals surface area (Å²) in [6.45, 7) is 7.80. The van der Waals surface area contributed by atoms with Crippen LogP contribution >= 0.6 is 11.3 Å². The van der Waals surface area contributed by atoms with Crippen molar-refractivity contribution in [1.82, 2.24) is 10.5 Å². The molecule has 3 rings (SSSR count). The van der Waals surface area contributed by atoms with Gasteiger partial charge in [0.1, 0.15) is 11.6 Å². The Labute approximate surface area is 160 Å². The van der Waals surface area contributed by atoms with Crippen molar-refractivity contribution in [1.29, 1.82) is 0 Å². The molecule has 0 saturated carbocycles. The van der Waals surface area contributed by atoms with Crippen molar-refractivity contribution in [3.05, 3.63) is 57.8 Å². The molecule has 0 bridgehead atoms. The van der Waals surface area contributed by atoms with Gasteiger partial charge in [0.15, 0.2) is 5.84 Å². The maximum absolute atomic E-state index is 14.7. The molecule has 5 nitrogen and oxygen atoms in total. The monoisotopic (exact) mass is 385 g/mol. The molecule has 0 aliphatic rings. The minimum absolute atomic E-state index is 0.149. The van der Waals surface area contributed by atoms with E-state index >= 15 is 0 Å². The molecule has 2 aromatic heterocycles. The molecule has 4 N–H and O–H groups in total. The molecule has 140 valence electrons. The van der Waals surface area contributed by atoms with Gasteiger partial charge in [-0.25, -0.2) is 4.39 Å². The Morgan fingerprint density at radius 2 is 2.04 bits per heavy atom. The molecule has 27 heavy (non-hydrogen) atoms. The van der Waals surface area contributed by atoms with Gasteiger partial charge in [-0.15, -0.1) is 11.3 Å². The minimum atomic E-state index is -0.553. The van der Waals surface area contributed by atoms with E-state index in [-0.39, 0.29) is 11.6 Å². The van der Waals surface area contributed by atoms with Gasteiger partial charge in [-0.1, -0.05) is 6.58 Å². The summed E-state index contributed by atoms with van der Waals surface area (Å²) in [6, 6.07) is 4.04. The Kier molecular flexibility index (Phi) is 5.16. The molecule has 3 aromatic rings. The summed E-state index contributed by atoms with van der Waals surface area (Å²) in [5.74, 6) is -0.477. The Morgan fingerprint density at radius 3 is 2.56 bits per heavy atom. The zero-order chi connectivity index (χ0) is 19.7. The summed E-state index contributed by atoms with van der Waals surface area (Å²) in [7, 11) is 1.55. The first kappa shape index (κ1) is 18.9. The zero-order valence-corrected chi connectivity index (χ0v) is 16.0. The van der Waals surface area contributed by atoms with Crippen LogP contribution in [-0.2, 0) is 0 Å². The molecule has 0 aliphatic heterocycles. The Bertz CT molecular complexity index is 1030. The fourth-order valence-corrected chi connectivity index (χ4v) is 4.10. The van der Waals surface area contributed by atoms with Crippen LogP contribution in [0.4, 0.5) is 4.39 Å². The molecule has 1 aromatic carbocycles. The van der Waals surface area contributed by atoms with E-state index in [0.29, 0.717) is 28.1 Å². The van der Waals surface area contributed by atoms with Crippen LogP contribution in [0.2, 0.25) is 0 Å². The molecule has 2 heterocycles. The molecule has 0 unspecified atom stereocenters. The number of hydrogen-bond acceptors (Lipinski definition) is 4. The Hall–Kier alpha value is -2.90. The summed E-state index contributed by atoms with van der Waals surface area (Å²) >= 11 is 1.59. The predicted molar refractivity (Wildman–Crippen MR) is 108 cm³/mol. The zero-order valence-electron chi connectivity index (χ0n) is 15.2. The smallest absolute Gasteiger partial charge is 0.169 e. The molecular formula is C20H20FN3O2S. The molecule has 0 fully saturated rings. The molecule has 0 spiro atoms. The van der Waals surface area contributed by atoms with Crippen molar-refractivity contribution >= 4 is 23.2 Å². The van der Waals surface area contributed by atoms with Crippen LogP contribution in [0.15, 0.2) is 35.2 Å². The average Bonchev–Trinajstić information content (AvgIpc) is 3.16. The number of aromatic nitrogens is 1. The minimum Gasteiger partial charge on any atom is -0.508 e. The Balaban J connectivity index is 2.47. The third-order valence-corrected chi connectivity index (χ3v) is 5.46. The maximum atomic E-state index is 14.7. The maximum Gasteiger partial charge on any atom is 0.169 e. The summed E-state index contributed by atoms with van der Waals surface area (Å²) in [6.07, 6.45) is 1.59. The highest BCUT2D eigenvalue weighted by Crippen LogP contribution is 2.44. The lowest BCUT2D eigenvalue weighted by atomic mass is 9.92. The van der Waals surface area contributed by atoms with Crippen LogP contribution in [0.25, 0.3) is 28.3 Å². The van der Waals surface area contributed by atoms with Crippen LogP contribution < -0.4 is 5.48 Å².